The van der Waals surface area contributed by atoms with Gasteiger partial charge in [0.05, 0.1) is 17.0 Å². The standard InChI is InChI=1S/C22H29N2.C18H33P.C15H10.2ClH.Ru/c1-14-6-15(2)21(16(3)7-14)23-4-5-24(13-23)22-19-9-17-8-18(11-19)12-20(22)10-17;1-4-10-16(11-5-1)19(17-12-6-2-7-13-17)18-14-8-3-9-15-18;1-2-6-12(7-3-1)15-11-10-13-8-4-5-9-14(13)15;;;/h4-7,13,17-20,22H,8-12H2,1-3H3;16-18H,1-15H2;1-9,11H;2*1H;/q-1;;;;;+2/p-1. The molecule has 61 heavy (non-hydrogen) atoms. The molecule has 9 aliphatic rings. The van der Waals surface area contributed by atoms with Crippen LogP contribution in [0, 0.1) is 51.1 Å². The second-order valence-corrected chi connectivity index (χ2v) is 29.7. The number of benzene rings is 3. The van der Waals surface area contributed by atoms with Gasteiger partial charge >= 0.3 is 120 Å². The molecule has 6 heteroatoms. The first-order valence-corrected chi connectivity index (χ1v) is 31.7. The minimum absolute atomic E-state index is 0.0465. The molecule has 0 N–H and O–H groups in total. The van der Waals surface area contributed by atoms with Gasteiger partial charge in [0.25, 0.3) is 0 Å². The van der Waals surface area contributed by atoms with Crippen molar-refractivity contribution in [3.63, 3.8) is 0 Å². The van der Waals surface area contributed by atoms with E-state index in [1.807, 2.05) is 24.3 Å². The van der Waals surface area contributed by atoms with Crippen LogP contribution in [0.3, 0.4) is 0 Å². The number of anilines is 1. The SMILES string of the molecule is C1CCC([PH+](C2CCCCC2)C2CCCCC2)CC1.Cc1cc(C)c(N2C=CN(C3C4CC5CC(C4)CC3C5)[CH-]2)c(C)c1.[Cl][Ru]([Cl])=[C]1C=C(c2ccccc2)c2ccccc21. The Kier molecular flexibility index (Phi) is 15.0. The quantitative estimate of drug-likeness (QED) is 0.138. The summed E-state index contributed by atoms with van der Waals surface area (Å²) in [5.41, 5.74) is 14.0. The molecule has 0 aromatic heterocycles. The molecule has 0 unspecified atom stereocenters. The molecule has 1 heterocycles. The normalized spacial score (nSPS) is 27.7. The Balaban J connectivity index is 0.000000119. The number of rotatable bonds is 6. The van der Waals surface area contributed by atoms with Gasteiger partial charge in [-0.1, -0.05) is 37.0 Å². The van der Waals surface area contributed by atoms with Crippen LogP contribution in [0.15, 0.2) is 85.2 Å². The summed E-state index contributed by atoms with van der Waals surface area (Å²) >= 11 is -1.88. The zero-order chi connectivity index (χ0) is 41.9. The van der Waals surface area contributed by atoms with Crippen molar-refractivity contribution < 1.29 is 13.5 Å². The fourth-order valence-corrected chi connectivity index (χ4v) is 21.8. The van der Waals surface area contributed by atoms with Crippen LogP contribution in [0.1, 0.15) is 162 Å². The van der Waals surface area contributed by atoms with E-state index in [9.17, 15) is 0 Å². The fraction of sp³-hybridized carbons (Fsp3) is 0.564. The van der Waals surface area contributed by atoms with Gasteiger partial charge in [0, 0.05) is 19.7 Å². The second-order valence-electron chi connectivity index (χ2n) is 20.4. The van der Waals surface area contributed by atoms with Gasteiger partial charge in [0.1, 0.15) is 0 Å². The van der Waals surface area contributed by atoms with E-state index in [1.165, 1.54) is 93.7 Å². The fourth-order valence-electron chi connectivity index (χ4n) is 14.1. The van der Waals surface area contributed by atoms with E-state index in [0.29, 0.717) is 0 Å². The van der Waals surface area contributed by atoms with Gasteiger partial charge < -0.3 is 9.80 Å². The Labute approximate surface area is 384 Å². The average Bonchev–Trinajstić information content (AvgIpc) is 3.91. The first kappa shape index (κ1) is 44.4. The summed E-state index contributed by atoms with van der Waals surface area (Å²) in [6.07, 6.45) is 38.0. The van der Waals surface area contributed by atoms with Crippen molar-refractivity contribution in [2.45, 2.75) is 172 Å². The summed E-state index contributed by atoms with van der Waals surface area (Å²) in [6.45, 7) is 9.04. The number of fused-ring (bicyclic) bond motifs is 1. The maximum absolute atomic E-state index is 6.19. The number of hydrogen-bond donors (Lipinski definition) is 0. The third kappa shape index (κ3) is 10.2. The molecule has 2 nitrogen and oxygen atoms in total. The van der Waals surface area contributed by atoms with Crippen molar-refractivity contribution in [3.8, 4) is 0 Å². The van der Waals surface area contributed by atoms with Gasteiger partial charge in [-0.15, -0.1) is 0 Å². The summed E-state index contributed by atoms with van der Waals surface area (Å²) < 4.78 is 1.12. The molecular weight excluding hydrogens is 892 g/mol. The van der Waals surface area contributed by atoms with Crippen LogP contribution >= 0.6 is 27.3 Å². The molecule has 3 aromatic rings. The number of allylic oxidation sites excluding steroid dienone is 1. The zero-order valence-electron chi connectivity index (χ0n) is 37.4. The van der Waals surface area contributed by atoms with E-state index in [-0.39, 0.29) is 7.92 Å². The summed E-state index contributed by atoms with van der Waals surface area (Å²) in [7, 11) is 12.3. The first-order valence-electron chi connectivity index (χ1n) is 24.6. The first-order chi connectivity index (χ1) is 29.8. The Morgan fingerprint density at radius 1 is 0.590 bits per heavy atom. The topological polar surface area (TPSA) is 6.48 Å². The monoisotopic (exact) mass is 964 g/mol. The molecule has 8 aliphatic carbocycles. The number of aryl methyl sites for hydroxylation is 3. The van der Waals surface area contributed by atoms with Gasteiger partial charge in [-0.05, 0) is 177 Å². The van der Waals surface area contributed by atoms with E-state index >= 15 is 0 Å². The summed E-state index contributed by atoms with van der Waals surface area (Å²) in [5, 5.41) is 0. The van der Waals surface area contributed by atoms with Crippen molar-refractivity contribution in [1.29, 1.82) is 0 Å². The second kappa shape index (κ2) is 20.6. The van der Waals surface area contributed by atoms with Crippen molar-refractivity contribution in [2.24, 2.45) is 23.7 Å². The van der Waals surface area contributed by atoms with Crippen molar-refractivity contribution in [1.82, 2.24) is 4.90 Å². The van der Waals surface area contributed by atoms with Crippen LogP contribution in [-0.4, -0.2) is 32.0 Å². The van der Waals surface area contributed by atoms with E-state index < -0.39 is 13.5 Å². The predicted octanol–water partition coefficient (Wildman–Crippen LogP) is 15.9. The summed E-state index contributed by atoms with van der Waals surface area (Å²) in [5.74, 6) is 3.96. The molecule has 0 spiro atoms. The maximum atomic E-state index is 6.19. The van der Waals surface area contributed by atoms with Crippen LogP contribution in [0.5, 0.6) is 0 Å². The van der Waals surface area contributed by atoms with E-state index in [4.69, 9.17) is 19.4 Å². The molecule has 330 valence electrons. The third-order valence-electron chi connectivity index (χ3n) is 16.3. The van der Waals surface area contributed by atoms with Gasteiger partial charge in [0.15, 0.2) is 0 Å². The van der Waals surface area contributed by atoms with Crippen LogP contribution in [-0.2, 0) is 13.5 Å². The predicted molar refractivity (Wildman–Crippen MR) is 264 cm³/mol. The number of halogens is 2. The zero-order valence-corrected chi connectivity index (χ0v) is 41.7. The summed E-state index contributed by atoms with van der Waals surface area (Å²) in [4.78, 5) is 4.92. The third-order valence-corrected chi connectivity index (χ3v) is 24.0. The molecule has 7 saturated carbocycles. The van der Waals surface area contributed by atoms with Gasteiger partial charge in [-0.2, -0.15) is 6.67 Å². The van der Waals surface area contributed by atoms with Crippen LogP contribution in [0.2, 0.25) is 0 Å². The Hall–Kier alpha value is -1.76. The molecule has 12 rings (SSSR count). The Bertz CT molecular complexity index is 1940. The molecule has 1 aliphatic heterocycles. The molecule has 4 bridgehead atoms. The molecule has 0 amide bonds. The van der Waals surface area contributed by atoms with E-state index in [1.54, 1.807) is 96.3 Å². The van der Waals surface area contributed by atoms with E-state index in [0.717, 1.165) is 33.8 Å². The van der Waals surface area contributed by atoms with Gasteiger partial charge in [-0.25, -0.2) is 0 Å². The molecule has 0 radical (unpaired) electrons. The average molecular weight is 965 g/mol. The van der Waals surface area contributed by atoms with Gasteiger partial charge in [0.2, 0.25) is 0 Å². The summed E-state index contributed by atoms with van der Waals surface area (Å²) in [6, 6.07) is 24.0. The van der Waals surface area contributed by atoms with Crippen LogP contribution in [0.25, 0.3) is 5.57 Å². The van der Waals surface area contributed by atoms with Crippen LogP contribution in [0.4, 0.5) is 5.69 Å². The minimum atomic E-state index is -1.88. The Morgan fingerprint density at radius 3 is 1.59 bits per heavy atom. The Morgan fingerprint density at radius 2 is 1.08 bits per heavy atom. The van der Waals surface area contributed by atoms with Crippen molar-refractivity contribution in [3.05, 3.63) is 125 Å². The van der Waals surface area contributed by atoms with E-state index in [2.05, 4.69) is 98.2 Å². The molecule has 3 aromatic carbocycles. The van der Waals surface area contributed by atoms with Crippen LogP contribution < -0.4 is 4.90 Å². The molecule has 0 saturated heterocycles. The number of hydrogen-bond acceptors (Lipinski definition) is 2. The van der Waals surface area contributed by atoms with Crippen molar-refractivity contribution >= 4 is 42.7 Å². The van der Waals surface area contributed by atoms with Gasteiger partial charge in [-0.3, -0.25) is 0 Å². The molecule has 0 atom stereocenters. The van der Waals surface area contributed by atoms with Crippen molar-refractivity contribution in [2.75, 3.05) is 4.90 Å². The molecule has 7 fully saturated rings. The number of nitrogens with zero attached hydrogens (tertiary/aromatic N) is 2. The molecular formula is C55H73Cl2N2PRu.